The average molecular weight is 526 g/mol. The zero-order chi connectivity index (χ0) is 19.3. The predicted molar refractivity (Wildman–Crippen MR) is 119 cm³/mol. The number of likely N-dealkylation sites (tertiary alicyclic amines) is 1. The molecule has 0 radical (unpaired) electrons. The van der Waals surface area contributed by atoms with Gasteiger partial charge in [0.2, 0.25) is 10.0 Å². The third-order valence-electron chi connectivity index (χ3n) is 5.33. The Hall–Kier alpha value is -0.920. The number of halogens is 1. The molecule has 1 atom stereocenters. The minimum absolute atomic E-state index is 0. The number of hydrogen-bond acceptors (Lipinski definition) is 6. The van der Waals surface area contributed by atoms with Crippen molar-refractivity contribution in [1.82, 2.24) is 24.6 Å². The fourth-order valence-electron chi connectivity index (χ4n) is 3.70. The van der Waals surface area contributed by atoms with Crippen molar-refractivity contribution in [3.63, 3.8) is 0 Å². The van der Waals surface area contributed by atoms with Gasteiger partial charge in [0.25, 0.3) is 0 Å². The Bertz CT molecular complexity index is 719. The van der Waals surface area contributed by atoms with E-state index in [-0.39, 0.29) is 29.7 Å². The lowest BCUT2D eigenvalue weighted by molar-refractivity contribution is 0.258. The summed E-state index contributed by atoms with van der Waals surface area (Å²) < 4.78 is 31.3. The van der Waals surface area contributed by atoms with Crippen LogP contribution in [-0.2, 0) is 15.8 Å². The molecule has 0 amide bonds. The number of nitrogens with one attached hydrogen (secondary N) is 1. The topological polar surface area (TPSA) is 94.3 Å². The third kappa shape index (κ3) is 6.04. The van der Waals surface area contributed by atoms with Crippen molar-refractivity contribution in [3.05, 3.63) is 18.0 Å². The second-order valence-electron chi connectivity index (χ2n) is 7.11. The van der Waals surface area contributed by atoms with Crippen LogP contribution in [0.1, 0.15) is 19.0 Å². The van der Waals surface area contributed by atoms with E-state index in [0.29, 0.717) is 37.8 Å². The van der Waals surface area contributed by atoms with E-state index in [9.17, 15) is 8.42 Å². The Balaban J connectivity index is 0.00000280. The molecule has 0 saturated carbocycles. The summed E-state index contributed by atoms with van der Waals surface area (Å²) in [7, 11) is -1.60. The fraction of sp³-hybridized carbons (Fsp3) is 0.765. The molecular weight excluding hydrogens is 495 g/mol. The number of sulfonamides is 1. The first-order valence-electron chi connectivity index (χ1n) is 9.57. The van der Waals surface area contributed by atoms with Crippen LogP contribution < -0.4 is 5.32 Å². The highest BCUT2D eigenvalue weighted by Crippen LogP contribution is 2.15. The number of hydrogen-bond donors (Lipinski definition) is 1. The van der Waals surface area contributed by atoms with E-state index < -0.39 is 10.0 Å². The highest BCUT2D eigenvalue weighted by molar-refractivity contribution is 14.0. The van der Waals surface area contributed by atoms with Gasteiger partial charge >= 0.3 is 0 Å². The first kappa shape index (κ1) is 23.4. The number of aliphatic imine (C=N–C) groups is 1. The number of guanidine groups is 1. The van der Waals surface area contributed by atoms with Gasteiger partial charge < -0.3 is 19.6 Å². The van der Waals surface area contributed by atoms with Gasteiger partial charge in [0.15, 0.2) is 5.96 Å². The molecule has 2 saturated heterocycles. The lowest BCUT2D eigenvalue weighted by Gasteiger charge is -2.36. The molecule has 1 aromatic heterocycles. The summed E-state index contributed by atoms with van der Waals surface area (Å²) in [5.41, 5.74) is 0.438. The standard InChI is InChI=1S/C17H30N6O3S.HI/c1-3-21-6-4-15(13-21)12-19-17(18-2)22-7-9-23(10-8-22)27(24,25)14-16-5-11-26-20-16;/h5,11,15H,3-4,6-10,12-14H2,1-2H3,(H,18,19);1H. The monoisotopic (exact) mass is 526 g/mol. The summed E-state index contributed by atoms with van der Waals surface area (Å²) in [5.74, 6) is 1.39. The summed E-state index contributed by atoms with van der Waals surface area (Å²) in [5, 5.41) is 7.18. The minimum Gasteiger partial charge on any atom is -0.364 e. The normalized spacial score (nSPS) is 22.3. The maximum atomic E-state index is 12.5. The largest absolute Gasteiger partial charge is 0.364 e. The van der Waals surface area contributed by atoms with E-state index in [1.54, 1.807) is 13.1 Å². The summed E-state index contributed by atoms with van der Waals surface area (Å²) in [6, 6.07) is 1.59. The first-order chi connectivity index (χ1) is 13.0. The molecule has 3 heterocycles. The Labute approximate surface area is 184 Å². The molecule has 0 aliphatic carbocycles. The van der Waals surface area contributed by atoms with Crippen LogP contribution in [0.15, 0.2) is 21.8 Å². The molecular formula is C17H31IN6O3S. The van der Waals surface area contributed by atoms with Crippen molar-refractivity contribution in [2.45, 2.75) is 19.1 Å². The molecule has 0 spiro atoms. The molecule has 9 nitrogen and oxygen atoms in total. The van der Waals surface area contributed by atoms with Gasteiger partial charge in [-0.25, -0.2) is 8.42 Å². The molecule has 160 valence electrons. The van der Waals surface area contributed by atoms with Crippen LogP contribution in [0.25, 0.3) is 0 Å². The molecule has 28 heavy (non-hydrogen) atoms. The number of piperazine rings is 1. The molecule has 11 heteroatoms. The van der Waals surface area contributed by atoms with Crippen LogP contribution in [0.4, 0.5) is 0 Å². The molecule has 1 unspecified atom stereocenters. The molecule has 0 bridgehead atoms. The van der Waals surface area contributed by atoms with Crippen LogP contribution in [-0.4, -0.2) is 93.0 Å². The van der Waals surface area contributed by atoms with Crippen LogP contribution in [0.3, 0.4) is 0 Å². The molecule has 0 aromatic carbocycles. The van der Waals surface area contributed by atoms with Crippen LogP contribution in [0, 0.1) is 5.92 Å². The second kappa shape index (κ2) is 10.7. The van der Waals surface area contributed by atoms with Gasteiger partial charge in [0.1, 0.15) is 12.0 Å². The van der Waals surface area contributed by atoms with E-state index in [4.69, 9.17) is 4.52 Å². The van der Waals surface area contributed by atoms with Gasteiger partial charge in [-0.1, -0.05) is 12.1 Å². The third-order valence-corrected chi connectivity index (χ3v) is 7.14. The summed E-state index contributed by atoms with van der Waals surface area (Å²) in [6.45, 7) is 8.68. The summed E-state index contributed by atoms with van der Waals surface area (Å²) >= 11 is 0. The van der Waals surface area contributed by atoms with Gasteiger partial charge in [0, 0.05) is 52.4 Å². The van der Waals surface area contributed by atoms with E-state index in [2.05, 4.69) is 32.2 Å². The molecule has 1 N–H and O–H groups in total. The van der Waals surface area contributed by atoms with Crippen molar-refractivity contribution in [2.24, 2.45) is 10.9 Å². The van der Waals surface area contributed by atoms with Crippen LogP contribution in [0.2, 0.25) is 0 Å². The van der Waals surface area contributed by atoms with Gasteiger partial charge in [-0.3, -0.25) is 4.99 Å². The van der Waals surface area contributed by atoms with Gasteiger partial charge in [-0.05, 0) is 25.4 Å². The lowest BCUT2D eigenvalue weighted by Crippen LogP contribution is -2.54. The SMILES string of the molecule is CCN1CCC(CNC(=NC)N2CCN(S(=O)(=O)Cc3ccon3)CC2)C1.I. The quantitative estimate of drug-likeness (QED) is 0.331. The maximum absolute atomic E-state index is 12.5. The van der Waals surface area contributed by atoms with Crippen LogP contribution in [0.5, 0.6) is 0 Å². The number of nitrogens with zero attached hydrogens (tertiary/aromatic N) is 5. The molecule has 1 aromatic rings. The zero-order valence-electron chi connectivity index (χ0n) is 16.6. The number of rotatable bonds is 6. The Morgan fingerprint density at radius 2 is 2.07 bits per heavy atom. The minimum atomic E-state index is -3.38. The molecule has 2 aliphatic heterocycles. The molecule has 2 aliphatic rings. The zero-order valence-corrected chi connectivity index (χ0v) is 19.7. The second-order valence-corrected chi connectivity index (χ2v) is 9.08. The van der Waals surface area contributed by atoms with E-state index in [0.717, 1.165) is 25.6 Å². The van der Waals surface area contributed by atoms with Crippen LogP contribution >= 0.6 is 24.0 Å². The lowest BCUT2D eigenvalue weighted by atomic mass is 10.1. The van der Waals surface area contributed by atoms with Crippen molar-refractivity contribution >= 4 is 40.0 Å². The Kier molecular flexibility index (Phi) is 8.96. The fourth-order valence-corrected chi connectivity index (χ4v) is 5.13. The van der Waals surface area contributed by atoms with Crippen molar-refractivity contribution in [1.29, 1.82) is 0 Å². The summed E-state index contributed by atoms with van der Waals surface area (Å²) in [4.78, 5) is 8.99. The average Bonchev–Trinajstić information content (AvgIpc) is 3.34. The maximum Gasteiger partial charge on any atom is 0.220 e. The smallest absolute Gasteiger partial charge is 0.220 e. The van der Waals surface area contributed by atoms with Crippen molar-refractivity contribution < 1.29 is 12.9 Å². The van der Waals surface area contributed by atoms with Gasteiger partial charge in [-0.2, -0.15) is 4.31 Å². The van der Waals surface area contributed by atoms with E-state index in [1.165, 1.54) is 23.5 Å². The first-order valence-corrected chi connectivity index (χ1v) is 11.2. The van der Waals surface area contributed by atoms with Crippen molar-refractivity contribution in [3.8, 4) is 0 Å². The Morgan fingerprint density at radius 3 is 2.64 bits per heavy atom. The highest BCUT2D eigenvalue weighted by Gasteiger charge is 2.29. The molecule has 2 fully saturated rings. The highest BCUT2D eigenvalue weighted by atomic mass is 127. The summed E-state index contributed by atoms with van der Waals surface area (Å²) in [6.07, 6.45) is 2.61. The predicted octanol–water partition coefficient (Wildman–Crippen LogP) is 0.657. The van der Waals surface area contributed by atoms with Gasteiger partial charge in [0.05, 0.1) is 5.69 Å². The molecule has 3 rings (SSSR count). The van der Waals surface area contributed by atoms with Crippen molar-refractivity contribution in [2.75, 3.05) is 59.4 Å². The van der Waals surface area contributed by atoms with E-state index >= 15 is 0 Å². The van der Waals surface area contributed by atoms with Gasteiger partial charge in [-0.15, -0.1) is 24.0 Å². The van der Waals surface area contributed by atoms with E-state index in [1.807, 2.05) is 0 Å². The Morgan fingerprint density at radius 1 is 1.32 bits per heavy atom. The number of aromatic nitrogens is 1.